The smallest absolute Gasteiger partial charge is 0.328 e. The Morgan fingerprint density at radius 1 is 0.686 bits per heavy atom. The molecule has 1 unspecified atom stereocenters. The number of hydrogen-bond donors (Lipinski definition) is 1. The molecule has 0 aromatic heterocycles. The van der Waals surface area contributed by atoms with Gasteiger partial charge in [0.05, 0.1) is 12.8 Å². The van der Waals surface area contributed by atoms with Crippen molar-refractivity contribution in [3.63, 3.8) is 0 Å². The second-order valence-corrected chi connectivity index (χ2v) is 8.11. The molecule has 4 rings (SSSR count). The second-order valence-electron chi connectivity index (χ2n) is 8.11. The molecule has 178 valence electrons. The molecule has 0 aliphatic heterocycles. The molecule has 4 aromatic rings. The number of esters is 1. The Labute approximate surface area is 206 Å². The van der Waals surface area contributed by atoms with Gasteiger partial charge in [-0.15, -0.1) is 0 Å². The topological polar surface area (TPSA) is 56.8 Å². The first-order chi connectivity index (χ1) is 17.2. The molecule has 4 aromatic carbocycles. The molecule has 0 bridgehead atoms. The van der Waals surface area contributed by atoms with Gasteiger partial charge in [-0.3, -0.25) is 0 Å². The average Bonchev–Trinajstić information content (AvgIpc) is 2.92. The summed E-state index contributed by atoms with van der Waals surface area (Å²) >= 11 is 0. The summed E-state index contributed by atoms with van der Waals surface area (Å²) in [5.41, 5.74) is 3.91. The fourth-order valence-corrected chi connectivity index (χ4v) is 3.67. The molecule has 1 atom stereocenters. The minimum atomic E-state index is -0.572. The van der Waals surface area contributed by atoms with Crippen molar-refractivity contribution < 1.29 is 19.0 Å². The number of methoxy groups -OCH3 is 1. The number of benzene rings is 4. The Bertz CT molecular complexity index is 1190. The van der Waals surface area contributed by atoms with E-state index in [1.165, 1.54) is 7.11 Å². The van der Waals surface area contributed by atoms with Crippen molar-refractivity contribution in [2.75, 3.05) is 12.4 Å². The molecule has 0 amide bonds. The maximum absolute atomic E-state index is 12.6. The van der Waals surface area contributed by atoms with Crippen LogP contribution >= 0.6 is 0 Å². The lowest BCUT2D eigenvalue weighted by Crippen LogP contribution is -2.33. The van der Waals surface area contributed by atoms with E-state index in [0.29, 0.717) is 25.4 Å². The van der Waals surface area contributed by atoms with Crippen molar-refractivity contribution in [2.24, 2.45) is 0 Å². The SMILES string of the molecule is COC(=O)C(Cc1ccc(OCc2ccccc2)cc1)Nc1ccccc1OCc1ccccc1. The number of nitrogens with one attached hydrogen (secondary N) is 1. The van der Waals surface area contributed by atoms with Crippen LogP contribution in [0.1, 0.15) is 16.7 Å². The van der Waals surface area contributed by atoms with E-state index in [1.807, 2.05) is 109 Å². The van der Waals surface area contributed by atoms with E-state index in [4.69, 9.17) is 14.2 Å². The van der Waals surface area contributed by atoms with Gasteiger partial charge < -0.3 is 19.5 Å². The van der Waals surface area contributed by atoms with E-state index in [1.54, 1.807) is 0 Å². The highest BCUT2D eigenvalue weighted by atomic mass is 16.5. The lowest BCUT2D eigenvalue weighted by Gasteiger charge is -2.20. The predicted octanol–water partition coefficient (Wildman–Crippen LogP) is 6.04. The summed E-state index contributed by atoms with van der Waals surface area (Å²) in [7, 11) is 1.40. The number of carbonyl (C=O) groups is 1. The average molecular weight is 468 g/mol. The normalized spacial score (nSPS) is 11.3. The van der Waals surface area contributed by atoms with E-state index in [0.717, 1.165) is 28.1 Å². The van der Waals surface area contributed by atoms with Gasteiger partial charge in [-0.25, -0.2) is 4.79 Å². The third kappa shape index (κ3) is 7.11. The van der Waals surface area contributed by atoms with E-state index >= 15 is 0 Å². The summed E-state index contributed by atoms with van der Waals surface area (Å²) in [4.78, 5) is 12.6. The van der Waals surface area contributed by atoms with Crippen LogP contribution < -0.4 is 14.8 Å². The zero-order chi connectivity index (χ0) is 24.3. The molecule has 0 fully saturated rings. The third-order valence-corrected chi connectivity index (χ3v) is 5.55. The second kappa shape index (κ2) is 12.3. The van der Waals surface area contributed by atoms with Crippen molar-refractivity contribution in [3.8, 4) is 11.5 Å². The van der Waals surface area contributed by atoms with Crippen LogP contribution in [-0.2, 0) is 29.2 Å². The fourth-order valence-electron chi connectivity index (χ4n) is 3.67. The van der Waals surface area contributed by atoms with Gasteiger partial charge in [0.15, 0.2) is 0 Å². The third-order valence-electron chi connectivity index (χ3n) is 5.55. The molecule has 5 heteroatoms. The van der Waals surface area contributed by atoms with E-state index in [9.17, 15) is 4.79 Å². The predicted molar refractivity (Wildman–Crippen MR) is 138 cm³/mol. The van der Waals surface area contributed by atoms with Crippen molar-refractivity contribution >= 4 is 11.7 Å². The first-order valence-corrected chi connectivity index (χ1v) is 11.6. The summed E-state index contributed by atoms with van der Waals surface area (Å²) in [6.45, 7) is 0.944. The Morgan fingerprint density at radius 3 is 1.89 bits per heavy atom. The Balaban J connectivity index is 1.40. The van der Waals surface area contributed by atoms with E-state index < -0.39 is 6.04 Å². The number of carbonyl (C=O) groups excluding carboxylic acids is 1. The van der Waals surface area contributed by atoms with Crippen LogP contribution in [0.3, 0.4) is 0 Å². The van der Waals surface area contributed by atoms with Gasteiger partial charge in [0.1, 0.15) is 30.8 Å². The van der Waals surface area contributed by atoms with Gasteiger partial charge in [-0.1, -0.05) is 84.9 Å². The number of rotatable bonds is 11. The van der Waals surface area contributed by atoms with E-state index in [2.05, 4.69) is 5.32 Å². The lowest BCUT2D eigenvalue weighted by molar-refractivity contribution is -0.141. The molecular weight excluding hydrogens is 438 g/mol. The summed E-state index contributed by atoms with van der Waals surface area (Å²) < 4.78 is 17.0. The van der Waals surface area contributed by atoms with Gasteiger partial charge in [-0.2, -0.15) is 0 Å². The maximum atomic E-state index is 12.6. The largest absolute Gasteiger partial charge is 0.489 e. The fraction of sp³-hybridized carbons (Fsp3) is 0.167. The quantitative estimate of drug-likeness (QED) is 0.273. The number of ether oxygens (including phenoxy) is 3. The Morgan fingerprint density at radius 2 is 1.26 bits per heavy atom. The minimum absolute atomic E-state index is 0.340. The maximum Gasteiger partial charge on any atom is 0.328 e. The highest BCUT2D eigenvalue weighted by Gasteiger charge is 2.21. The highest BCUT2D eigenvalue weighted by molar-refractivity contribution is 5.80. The molecule has 0 saturated heterocycles. The van der Waals surface area contributed by atoms with Crippen LogP contribution in [0.4, 0.5) is 5.69 Å². The van der Waals surface area contributed by atoms with Crippen LogP contribution in [0.25, 0.3) is 0 Å². The lowest BCUT2D eigenvalue weighted by atomic mass is 10.1. The molecule has 0 radical (unpaired) electrons. The monoisotopic (exact) mass is 467 g/mol. The van der Waals surface area contributed by atoms with Gasteiger partial charge in [0.25, 0.3) is 0 Å². The van der Waals surface area contributed by atoms with Crippen molar-refractivity contribution in [1.82, 2.24) is 0 Å². The molecule has 0 aliphatic rings. The Kier molecular flexibility index (Phi) is 8.38. The van der Waals surface area contributed by atoms with Crippen LogP contribution in [-0.4, -0.2) is 19.1 Å². The zero-order valence-electron chi connectivity index (χ0n) is 19.7. The first kappa shape index (κ1) is 23.9. The van der Waals surface area contributed by atoms with Crippen molar-refractivity contribution in [2.45, 2.75) is 25.7 Å². The number of hydrogen-bond acceptors (Lipinski definition) is 5. The standard InChI is InChI=1S/C30H29NO4/c1-33-30(32)28(20-23-16-18-26(19-17-23)34-21-24-10-4-2-5-11-24)31-27-14-8-9-15-29(27)35-22-25-12-6-3-7-13-25/h2-19,28,31H,20-22H2,1H3. The molecule has 5 nitrogen and oxygen atoms in total. The number of anilines is 1. The van der Waals surface area contributed by atoms with Crippen LogP contribution in [0, 0.1) is 0 Å². The van der Waals surface area contributed by atoms with Gasteiger partial charge in [0, 0.05) is 6.42 Å². The molecule has 35 heavy (non-hydrogen) atoms. The molecular formula is C30H29NO4. The van der Waals surface area contributed by atoms with Crippen LogP contribution in [0.5, 0.6) is 11.5 Å². The van der Waals surface area contributed by atoms with Crippen LogP contribution in [0.15, 0.2) is 109 Å². The molecule has 0 aliphatic carbocycles. The van der Waals surface area contributed by atoms with Crippen molar-refractivity contribution in [3.05, 3.63) is 126 Å². The van der Waals surface area contributed by atoms with Crippen LogP contribution in [0.2, 0.25) is 0 Å². The number of para-hydroxylation sites is 2. The van der Waals surface area contributed by atoms with Gasteiger partial charge in [-0.05, 0) is 41.0 Å². The minimum Gasteiger partial charge on any atom is -0.489 e. The molecule has 1 N–H and O–H groups in total. The molecule has 0 heterocycles. The van der Waals surface area contributed by atoms with Gasteiger partial charge in [0.2, 0.25) is 0 Å². The first-order valence-electron chi connectivity index (χ1n) is 11.6. The zero-order valence-corrected chi connectivity index (χ0v) is 19.7. The summed E-state index contributed by atoms with van der Waals surface area (Å²) in [5.74, 6) is 1.11. The summed E-state index contributed by atoms with van der Waals surface area (Å²) in [6, 6.07) is 34.8. The molecule has 0 spiro atoms. The van der Waals surface area contributed by atoms with E-state index in [-0.39, 0.29) is 5.97 Å². The van der Waals surface area contributed by atoms with Gasteiger partial charge >= 0.3 is 5.97 Å². The Hall–Kier alpha value is -4.25. The van der Waals surface area contributed by atoms with Crippen molar-refractivity contribution in [1.29, 1.82) is 0 Å². The highest BCUT2D eigenvalue weighted by Crippen LogP contribution is 2.26. The summed E-state index contributed by atoms with van der Waals surface area (Å²) in [6.07, 6.45) is 0.457. The summed E-state index contributed by atoms with van der Waals surface area (Å²) in [5, 5.41) is 3.31. The molecule has 0 saturated carbocycles.